The molecule has 1 aliphatic rings. The molecule has 2 atom stereocenters. The molecule has 1 heterocycles. The van der Waals surface area contributed by atoms with Crippen molar-refractivity contribution in [1.82, 2.24) is 15.3 Å². The van der Waals surface area contributed by atoms with Crippen LogP contribution in [-0.2, 0) is 11.2 Å². The standard InChI is InChI=1S/C20H21N3OS/c1-13(25-20-22-17-10-4-5-11-18(17)23-20)19(24)21-16-12-6-8-14-7-2-3-9-15(14)16/h2-5,7,9-11,13,16H,6,8,12H2,1H3,(H,21,24)(H,22,23)/t13-,16-/m0/s1. The first-order chi connectivity index (χ1) is 12.2. The molecule has 3 aromatic rings. The molecular formula is C20H21N3OS. The number of carbonyl (C=O) groups is 1. The van der Waals surface area contributed by atoms with E-state index < -0.39 is 0 Å². The Labute approximate surface area is 151 Å². The number of imidazole rings is 1. The van der Waals surface area contributed by atoms with E-state index >= 15 is 0 Å². The predicted octanol–water partition coefficient (Wildman–Crippen LogP) is 4.24. The minimum absolute atomic E-state index is 0.0622. The Morgan fingerprint density at radius 1 is 1.24 bits per heavy atom. The van der Waals surface area contributed by atoms with Crippen molar-refractivity contribution in [2.45, 2.75) is 42.6 Å². The SMILES string of the molecule is C[C@H](Sc1nc2ccccc2[nH]1)C(=O)N[C@H]1CCCc2ccccc21. The number of nitrogens with one attached hydrogen (secondary N) is 2. The maximum atomic E-state index is 12.7. The normalized spacial score (nSPS) is 17.9. The highest BCUT2D eigenvalue weighted by Gasteiger charge is 2.24. The fourth-order valence-electron chi connectivity index (χ4n) is 3.40. The highest BCUT2D eigenvalue weighted by molar-refractivity contribution is 8.00. The van der Waals surface area contributed by atoms with Crippen molar-refractivity contribution < 1.29 is 4.79 Å². The summed E-state index contributed by atoms with van der Waals surface area (Å²) in [6.45, 7) is 1.93. The van der Waals surface area contributed by atoms with Crippen molar-refractivity contribution in [1.29, 1.82) is 0 Å². The fourth-order valence-corrected chi connectivity index (χ4v) is 4.23. The van der Waals surface area contributed by atoms with Crippen LogP contribution in [0, 0.1) is 0 Å². The molecule has 0 fully saturated rings. The number of aryl methyl sites for hydroxylation is 1. The van der Waals surface area contributed by atoms with Gasteiger partial charge in [-0.2, -0.15) is 0 Å². The summed E-state index contributed by atoms with van der Waals surface area (Å²) in [4.78, 5) is 20.5. The predicted molar refractivity (Wildman–Crippen MR) is 102 cm³/mol. The number of carbonyl (C=O) groups excluding carboxylic acids is 1. The zero-order valence-electron chi connectivity index (χ0n) is 14.2. The Bertz CT molecular complexity index is 872. The van der Waals surface area contributed by atoms with Gasteiger partial charge in [-0.25, -0.2) is 4.98 Å². The van der Waals surface area contributed by atoms with Crippen LogP contribution >= 0.6 is 11.8 Å². The van der Waals surface area contributed by atoms with Gasteiger partial charge in [-0.05, 0) is 49.4 Å². The van der Waals surface area contributed by atoms with Gasteiger partial charge in [0.1, 0.15) is 0 Å². The number of rotatable bonds is 4. The molecular weight excluding hydrogens is 330 g/mol. The van der Waals surface area contributed by atoms with E-state index in [2.05, 4.69) is 39.6 Å². The third kappa shape index (κ3) is 3.42. The zero-order valence-corrected chi connectivity index (χ0v) is 15.0. The van der Waals surface area contributed by atoms with Crippen LogP contribution in [-0.4, -0.2) is 21.1 Å². The second kappa shape index (κ2) is 6.92. The average Bonchev–Trinajstić information content (AvgIpc) is 3.04. The highest BCUT2D eigenvalue weighted by Crippen LogP contribution is 2.30. The maximum absolute atomic E-state index is 12.7. The fraction of sp³-hybridized carbons (Fsp3) is 0.300. The molecule has 0 aliphatic heterocycles. The lowest BCUT2D eigenvalue weighted by atomic mass is 9.88. The number of hydrogen-bond donors (Lipinski definition) is 2. The van der Waals surface area contributed by atoms with Crippen LogP contribution in [0.2, 0.25) is 0 Å². The Balaban J connectivity index is 1.44. The molecule has 0 saturated heterocycles. The quantitative estimate of drug-likeness (QED) is 0.691. The van der Waals surface area contributed by atoms with E-state index in [9.17, 15) is 4.79 Å². The van der Waals surface area contributed by atoms with Crippen molar-refractivity contribution in [3.63, 3.8) is 0 Å². The van der Waals surface area contributed by atoms with E-state index in [0.29, 0.717) is 0 Å². The third-order valence-electron chi connectivity index (χ3n) is 4.71. The summed E-state index contributed by atoms with van der Waals surface area (Å²) in [6, 6.07) is 16.5. The van der Waals surface area contributed by atoms with Crippen molar-refractivity contribution in [3.05, 3.63) is 59.7 Å². The van der Waals surface area contributed by atoms with E-state index in [0.717, 1.165) is 35.5 Å². The van der Waals surface area contributed by atoms with Crippen LogP contribution in [0.3, 0.4) is 0 Å². The molecule has 0 spiro atoms. The number of hydrogen-bond acceptors (Lipinski definition) is 3. The van der Waals surface area contributed by atoms with Crippen LogP contribution in [0.25, 0.3) is 11.0 Å². The summed E-state index contributed by atoms with van der Waals surface area (Å²) in [5.41, 5.74) is 4.55. The van der Waals surface area contributed by atoms with Crippen molar-refractivity contribution >= 4 is 28.7 Å². The second-order valence-corrected chi connectivity index (χ2v) is 7.80. The van der Waals surface area contributed by atoms with Crippen LogP contribution < -0.4 is 5.32 Å². The molecule has 4 nitrogen and oxygen atoms in total. The molecule has 0 radical (unpaired) electrons. The summed E-state index contributed by atoms with van der Waals surface area (Å²) >= 11 is 1.47. The first-order valence-electron chi connectivity index (χ1n) is 8.70. The highest BCUT2D eigenvalue weighted by atomic mass is 32.2. The van der Waals surface area contributed by atoms with Gasteiger partial charge in [0.25, 0.3) is 0 Å². The van der Waals surface area contributed by atoms with E-state index in [1.54, 1.807) is 0 Å². The summed E-state index contributed by atoms with van der Waals surface area (Å²) in [5, 5.41) is 3.81. The Morgan fingerprint density at radius 3 is 2.92 bits per heavy atom. The molecule has 128 valence electrons. The number of fused-ring (bicyclic) bond motifs is 2. The van der Waals surface area contributed by atoms with Crippen LogP contribution in [0.5, 0.6) is 0 Å². The van der Waals surface area contributed by atoms with Gasteiger partial charge in [-0.3, -0.25) is 4.79 Å². The summed E-state index contributed by atoms with van der Waals surface area (Å²) in [5.74, 6) is 0.0622. The number of thioether (sulfide) groups is 1. The lowest BCUT2D eigenvalue weighted by molar-refractivity contribution is -0.121. The molecule has 0 unspecified atom stereocenters. The smallest absolute Gasteiger partial charge is 0.233 e. The van der Waals surface area contributed by atoms with Crippen LogP contribution in [0.15, 0.2) is 53.7 Å². The topological polar surface area (TPSA) is 57.8 Å². The number of nitrogens with zero attached hydrogens (tertiary/aromatic N) is 1. The van der Waals surface area contributed by atoms with Crippen molar-refractivity contribution in [3.8, 4) is 0 Å². The Morgan fingerprint density at radius 2 is 2.04 bits per heavy atom. The van der Waals surface area contributed by atoms with Gasteiger partial charge in [0, 0.05) is 0 Å². The molecule has 4 rings (SSSR count). The molecule has 2 N–H and O–H groups in total. The van der Waals surface area contributed by atoms with Gasteiger partial charge >= 0.3 is 0 Å². The number of amides is 1. The molecule has 1 aliphatic carbocycles. The van der Waals surface area contributed by atoms with Crippen molar-refractivity contribution in [2.75, 3.05) is 0 Å². The number of para-hydroxylation sites is 2. The summed E-state index contributed by atoms with van der Waals surface area (Å²) in [6.07, 6.45) is 3.23. The molecule has 5 heteroatoms. The molecule has 0 saturated carbocycles. The first kappa shape index (κ1) is 16.2. The zero-order chi connectivity index (χ0) is 17.2. The lowest BCUT2D eigenvalue weighted by Crippen LogP contribution is -2.35. The number of aromatic nitrogens is 2. The Hall–Kier alpha value is -2.27. The van der Waals surface area contributed by atoms with E-state index in [1.807, 2.05) is 31.2 Å². The number of benzene rings is 2. The van der Waals surface area contributed by atoms with Gasteiger partial charge in [0.2, 0.25) is 5.91 Å². The molecule has 1 amide bonds. The van der Waals surface area contributed by atoms with Crippen LogP contribution in [0.4, 0.5) is 0 Å². The van der Waals surface area contributed by atoms with Crippen LogP contribution in [0.1, 0.15) is 36.9 Å². The van der Waals surface area contributed by atoms with E-state index in [4.69, 9.17) is 0 Å². The Kier molecular flexibility index (Phi) is 4.49. The van der Waals surface area contributed by atoms with E-state index in [1.165, 1.54) is 22.9 Å². The van der Waals surface area contributed by atoms with Gasteiger partial charge in [0.05, 0.1) is 22.3 Å². The molecule has 1 aromatic heterocycles. The van der Waals surface area contributed by atoms with Gasteiger partial charge in [-0.15, -0.1) is 0 Å². The van der Waals surface area contributed by atoms with Gasteiger partial charge in [-0.1, -0.05) is 48.2 Å². The largest absolute Gasteiger partial charge is 0.348 e. The lowest BCUT2D eigenvalue weighted by Gasteiger charge is -2.27. The minimum atomic E-state index is -0.199. The summed E-state index contributed by atoms with van der Waals surface area (Å²) in [7, 11) is 0. The maximum Gasteiger partial charge on any atom is 0.233 e. The molecule has 0 bridgehead atoms. The molecule has 25 heavy (non-hydrogen) atoms. The summed E-state index contributed by atoms with van der Waals surface area (Å²) < 4.78 is 0. The van der Waals surface area contributed by atoms with E-state index in [-0.39, 0.29) is 17.2 Å². The van der Waals surface area contributed by atoms with Gasteiger partial charge < -0.3 is 10.3 Å². The average molecular weight is 351 g/mol. The third-order valence-corrected chi connectivity index (χ3v) is 5.70. The second-order valence-electron chi connectivity index (χ2n) is 6.47. The van der Waals surface area contributed by atoms with Crippen molar-refractivity contribution in [2.24, 2.45) is 0 Å². The number of H-pyrrole nitrogens is 1. The van der Waals surface area contributed by atoms with Gasteiger partial charge in [0.15, 0.2) is 5.16 Å². The minimum Gasteiger partial charge on any atom is -0.348 e. The number of aromatic amines is 1. The first-order valence-corrected chi connectivity index (χ1v) is 9.58. The molecule has 2 aromatic carbocycles. The monoisotopic (exact) mass is 351 g/mol.